The fourth-order valence-electron chi connectivity index (χ4n) is 3.70. The van der Waals surface area contributed by atoms with Crippen LogP contribution in [-0.2, 0) is 34.0 Å². The molecule has 12 nitrogen and oxygen atoms in total. The summed E-state index contributed by atoms with van der Waals surface area (Å²) in [6, 6.07) is 9.59. The first-order chi connectivity index (χ1) is 17.3. The Morgan fingerprint density at radius 2 is 1.70 bits per heavy atom. The summed E-state index contributed by atoms with van der Waals surface area (Å²) < 4.78 is 1.90. The predicted molar refractivity (Wildman–Crippen MR) is 134 cm³/mol. The zero-order valence-corrected chi connectivity index (χ0v) is 20.5. The minimum atomic E-state index is -2.74. The van der Waals surface area contributed by atoms with Crippen LogP contribution < -0.4 is 5.56 Å². The number of carboxylic acids is 3. The fraction of sp³-hybridized carbons (Fsp3) is 0.320. The summed E-state index contributed by atoms with van der Waals surface area (Å²) in [4.78, 5) is 47.4. The Morgan fingerprint density at radius 3 is 2.27 bits per heavy atom. The average Bonchev–Trinajstić information content (AvgIpc) is 3.11. The van der Waals surface area contributed by atoms with Crippen LogP contribution in [0.5, 0.6) is 0 Å². The normalized spacial score (nSPS) is 11.1. The highest BCUT2D eigenvalue weighted by molar-refractivity contribution is 5.88. The standard InChI is InChI=1S/C19H22N4O.C6H8O7/c1-4-9-23-13-16(14(2)21-23)12-22(3)11-15-10-19(24)20-18-8-6-5-7-17(15)18;7-3(8)1-6(13,5(11)12)2-4(9)10/h4-8,10,13H,1,9,11-12H2,2-3H3,(H,20,24);13H,1-2H2,(H,7,8)(H,9,10)(H,11,12). The zero-order valence-electron chi connectivity index (χ0n) is 20.5. The number of carboxylic acid groups (broad SMARTS) is 3. The van der Waals surface area contributed by atoms with Crippen LogP contribution in [0.1, 0.15) is 29.7 Å². The summed E-state index contributed by atoms with van der Waals surface area (Å²) in [6.45, 7) is 7.96. The molecule has 12 heteroatoms. The molecule has 0 atom stereocenters. The van der Waals surface area contributed by atoms with E-state index >= 15 is 0 Å². The molecule has 0 radical (unpaired) electrons. The molecule has 3 rings (SSSR count). The Hall–Kier alpha value is -4.29. The Morgan fingerprint density at radius 1 is 1.11 bits per heavy atom. The second-order valence-corrected chi connectivity index (χ2v) is 8.60. The van der Waals surface area contributed by atoms with E-state index < -0.39 is 36.4 Å². The largest absolute Gasteiger partial charge is 0.481 e. The Balaban J connectivity index is 0.000000317. The number of para-hydroxylation sites is 1. The highest BCUT2D eigenvalue weighted by Crippen LogP contribution is 2.18. The van der Waals surface area contributed by atoms with Crippen LogP contribution in [0.2, 0.25) is 0 Å². The average molecular weight is 515 g/mol. The lowest BCUT2D eigenvalue weighted by atomic mass is 9.96. The minimum absolute atomic E-state index is 0.0629. The maximum atomic E-state index is 11.9. The van der Waals surface area contributed by atoms with Gasteiger partial charge in [0.2, 0.25) is 5.56 Å². The SMILES string of the molecule is C=CCn1cc(CN(C)Cc2cc(=O)[nH]c3ccccc23)c(C)n1.O=C(O)CC(O)(CC(=O)O)C(=O)O. The first kappa shape index (κ1) is 28.9. The molecule has 37 heavy (non-hydrogen) atoms. The maximum Gasteiger partial charge on any atom is 0.336 e. The number of aryl methyl sites for hydroxylation is 1. The third kappa shape index (κ3) is 8.40. The molecule has 1 aromatic carbocycles. The van der Waals surface area contributed by atoms with Gasteiger partial charge in [-0.3, -0.25) is 24.0 Å². The molecular formula is C25H30N4O8. The molecule has 198 valence electrons. The number of hydrogen-bond acceptors (Lipinski definition) is 7. The number of allylic oxidation sites excluding steroid dienone is 1. The number of aliphatic hydroxyl groups is 1. The van der Waals surface area contributed by atoms with Gasteiger partial charge in [0.05, 0.1) is 25.1 Å². The highest BCUT2D eigenvalue weighted by Gasteiger charge is 2.40. The fourth-order valence-corrected chi connectivity index (χ4v) is 3.70. The second kappa shape index (κ2) is 12.6. The Labute approximate surface area is 212 Å². The molecule has 0 bridgehead atoms. The molecule has 0 aliphatic rings. The first-order valence-corrected chi connectivity index (χ1v) is 11.2. The second-order valence-electron chi connectivity index (χ2n) is 8.60. The van der Waals surface area contributed by atoms with Crippen LogP contribution in [0.4, 0.5) is 0 Å². The number of carbonyl (C=O) groups is 3. The number of aromatic amines is 1. The van der Waals surface area contributed by atoms with Crippen LogP contribution >= 0.6 is 0 Å². The number of H-pyrrole nitrogens is 1. The van der Waals surface area contributed by atoms with Gasteiger partial charge in [0.1, 0.15) is 0 Å². The molecule has 0 aliphatic heterocycles. The number of rotatable bonds is 11. The summed E-state index contributed by atoms with van der Waals surface area (Å²) >= 11 is 0. The maximum absolute atomic E-state index is 11.9. The minimum Gasteiger partial charge on any atom is -0.481 e. The molecule has 0 unspecified atom stereocenters. The summed E-state index contributed by atoms with van der Waals surface area (Å²) in [6.07, 6.45) is 1.61. The molecule has 5 N–H and O–H groups in total. The highest BCUT2D eigenvalue weighted by atomic mass is 16.4. The van der Waals surface area contributed by atoms with Gasteiger partial charge < -0.3 is 25.4 Å². The first-order valence-electron chi connectivity index (χ1n) is 11.2. The van der Waals surface area contributed by atoms with E-state index in [1.54, 1.807) is 6.07 Å². The van der Waals surface area contributed by atoms with Crippen LogP contribution in [-0.4, -0.2) is 70.6 Å². The van der Waals surface area contributed by atoms with E-state index in [1.807, 2.05) is 41.9 Å². The number of hydrogen-bond donors (Lipinski definition) is 5. The lowest BCUT2D eigenvalue weighted by molar-refractivity contribution is -0.170. The van der Waals surface area contributed by atoms with Gasteiger partial charge in [0.15, 0.2) is 5.60 Å². The van der Waals surface area contributed by atoms with Gasteiger partial charge in [0.25, 0.3) is 0 Å². The molecule has 0 saturated carbocycles. The van der Waals surface area contributed by atoms with E-state index in [9.17, 15) is 19.2 Å². The van der Waals surface area contributed by atoms with E-state index in [4.69, 9.17) is 20.4 Å². The van der Waals surface area contributed by atoms with Gasteiger partial charge in [-0.1, -0.05) is 24.3 Å². The van der Waals surface area contributed by atoms with Crippen LogP contribution in [0.15, 0.2) is 54.0 Å². The third-order valence-electron chi connectivity index (χ3n) is 5.37. The van der Waals surface area contributed by atoms with Crippen LogP contribution in [0.3, 0.4) is 0 Å². The Bertz CT molecular complexity index is 1330. The van der Waals surface area contributed by atoms with Crippen molar-refractivity contribution in [2.45, 2.75) is 45.0 Å². The van der Waals surface area contributed by atoms with Gasteiger partial charge in [0, 0.05) is 41.8 Å². The number of pyridine rings is 1. The molecule has 0 spiro atoms. The summed E-state index contributed by atoms with van der Waals surface area (Å²) in [5.74, 6) is -5.02. The van der Waals surface area contributed by atoms with Crippen LogP contribution in [0, 0.1) is 6.92 Å². The summed E-state index contributed by atoms with van der Waals surface area (Å²) in [5, 5.41) is 39.4. The predicted octanol–water partition coefficient (Wildman–Crippen LogP) is 1.60. The zero-order chi connectivity index (χ0) is 27.8. The van der Waals surface area contributed by atoms with Crippen molar-refractivity contribution in [3.8, 4) is 0 Å². The summed E-state index contributed by atoms with van der Waals surface area (Å²) in [5.41, 5.74) is 1.33. The van der Waals surface area contributed by atoms with Crippen LogP contribution in [0.25, 0.3) is 10.9 Å². The monoisotopic (exact) mass is 514 g/mol. The number of nitrogens with one attached hydrogen (secondary N) is 1. The quantitative estimate of drug-likeness (QED) is 0.235. The van der Waals surface area contributed by atoms with Crippen molar-refractivity contribution in [1.29, 1.82) is 0 Å². The number of fused-ring (bicyclic) bond motifs is 1. The van der Waals surface area contributed by atoms with E-state index in [-0.39, 0.29) is 5.56 Å². The van der Waals surface area contributed by atoms with Crippen molar-refractivity contribution in [2.75, 3.05) is 7.05 Å². The molecule has 2 heterocycles. The van der Waals surface area contributed by atoms with Crippen molar-refractivity contribution in [2.24, 2.45) is 0 Å². The molecule has 0 aliphatic carbocycles. The number of aromatic nitrogens is 3. The molecule has 2 aromatic heterocycles. The topological polar surface area (TPSA) is 186 Å². The van der Waals surface area contributed by atoms with Crippen molar-refractivity contribution in [3.63, 3.8) is 0 Å². The third-order valence-corrected chi connectivity index (χ3v) is 5.37. The number of nitrogens with zero attached hydrogens (tertiary/aromatic N) is 3. The number of aliphatic carboxylic acids is 3. The van der Waals surface area contributed by atoms with Gasteiger partial charge in [-0.05, 0) is 25.6 Å². The van der Waals surface area contributed by atoms with Crippen molar-refractivity contribution < 1.29 is 34.8 Å². The van der Waals surface area contributed by atoms with Crippen molar-refractivity contribution in [1.82, 2.24) is 19.7 Å². The lowest BCUT2D eigenvalue weighted by Crippen LogP contribution is -2.42. The smallest absolute Gasteiger partial charge is 0.336 e. The van der Waals surface area contributed by atoms with Gasteiger partial charge >= 0.3 is 17.9 Å². The summed E-state index contributed by atoms with van der Waals surface area (Å²) in [7, 11) is 2.06. The molecule has 0 saturated heterocycles. The molecule has 3 aromatic rings. The van der Waals surface area contributed by atoms with E-state index in [2.05, 4.69) is 34.8 Å². The van der Waals surface area contributed by atoms with Crippen molar-refractivity contribution in [3.05, 3.63) is 76.4 Å². The van der Waals surface area contributed by atoms with Crippen molar-refractivity contribution >= 4 is 28.8 Å². The number of benzene rings is 1. The molecule has 0 fully saturated rings. The Kier molecular flexibility index (Phi) is 9.86. The lowest BCUT2D eigenvalue weighted by Gasteiger charge is -2.18. The van der Waals surface area contributed by atoms with E-state index in [0.717, 1.165) is 28.7 Å². The van der Waals surface area contributed by atoms with E-state index in [0.29, 0.717) is 13.1 Å². The van der Waals surface area contributed by atoms with Gasteiger partial charge in [-0.25, -0.2) is 4.79 Å². The van der Waals surface area contributed by atoms with Gasteiger partial charge in [-0.2, -0.15) is 5.10 Å². The molecule has 0 amide bonds. The molecular weight excluding hydrogens is 484 g/mol. The van der Waals surface area contributed by atoms with E-state index in [1.165, 1.54) is 5.56 Å². The van der Waals surface area contributed by atoms with Gasteiger partial charge in [-0.15, -0.1) is 6.58 Å².